The first-order chi connectivity index (χ1) is 20.7. The van der Waals surface area contributed by atoms with E-state index < -0.39 is 0 Å². The SMILES string of the molecule is CC.CCC#Cc1ccc(-c2cnc3c(c2)NC[C@@H](CNCCc2ccc(C#N)cc2)O3)cc1C=N.[HH].[HH].c1ccccc1. The van der Waals surface area contributed by atoms with E-state index in [-0.39, 0.29) is 8.96 Å². The van der Waals surface area contributed by atoms with Crippen molar-refractivity contribution in [3.05, 3.63) is 113 Å². The zero-order valence-electron chi connectivity index (χ0n) is 24.7. The molecule has 4 aromatic rings. The summed E-state index contributed by atoms with van der Waals surface area (Å²) in [6.07, 6.45) is 4.82. The van der Waals surface area contributed by atoms with E-state index in [1.54, 1.807) is 0 Å². The number of pyridine rings is 1. The molecule has 1 aromatic heterocycles. The lowest BCUT2D eigenvalue weighted by atomic mass is 10.0. The predicted molar refractivity (Wildman–Crippen MR) is 177 cm³/mol. The van der Waals surface area contributed by atoms with Gasteiger partial charge in [-0.1, -0.05) is 87.2 Å². The van der Waals surface area contributed by atoms with Gasteiger partial charge >= 0.3 is 0 Å². The molecule has 3 aromatic carbocycles. The average Bonchev–Trinajstić information content (AvgIpc) is 3.07. The zero-order valence-corrected chi connectivity index (χ0v) is 24.7. The van der Waals surface area contributed by atoms with E-state index in [1.165, 1.54) is 11.8 Å². The summed E-state index contributed by atoms with van der Waals surface area (Å²) in [6.45, 7) is 8.25. The van der Waals surface area contributed by atoms with Crippen LogP contribution in [-0.2, 0) is 6.42 Å². The molecule has 0 saturated carbocycles. The van der Waals surface area contributed by atoms with Gasteiger partial charge in [0, 0.05) is 44.9 Å². The molecule has 6 nitrogen and oxygen atoms in total. The molecule has 0 bridgehead atoms. The molecule has 1 atom stereocenters. The fraction of sp³-hybridized carbons (Fsp3) is 0.250. The van der Waals surface area contributed by atoms with Gasteiger partial charge in [-0.15, -0.1) is 0 Å². The smallest absolute Gasteiger partial charge is 0.237 e. The van der Waals surface area contributed by atoms with Gasteiger partial charge in [-0.2, -0.15) is 5.26 Å². The second kappa shape index (κ2) is 17.7. The van der Waals surface area contributed by atoms with Crippen LogP contribution in [0.5, 0.6) is 5.88 Å². The Morgan fingerprint density at radius 2 is 1.76 bits per heavy atom. The topological polar surface area (TPSA) is 93.8 Å². The maximum atomic E-state index is 8.89. The number of nitrogens with zero attached hydrogens (tertiary/aromatic N) is 2. The molecule has 5 rings (SSSR count). The van der Waals surface area contributed by atoms with Crippen molar-refractivity contribution in [1.29, 1.82) is 10.7 Å². The first kappa shape index (κ1) is 31.6. The van der Waals surface area contributed by atoms with Crippen LogP contribution in [0.25, 0.3) is 11.1 Å². The van der Waals surface area contributed by atoms with Crippen LogP contribution >= 0.6 is 0 Å². The van der Waals surface area contributed by atoms with Gasteiger partial charge in [0.05, 0.1) is 23.9 Å². The van der Waals surface area contributed by atoms with Crippen LogP contribution in [-0.4, -0.2) is 36.9 Å². The molecule has 0 spiro atoms. The lowest BCUT2D eigenvalue weighted by Gasteiger charge is -2.27. The Morgan fingerprint density at radius 1 is 1.05 bits per heavy atom. The molecule has 42 heavy (non-hydrogen) atoms. The van der Waals surface area contributed by atoms with Gasteiger partial charge in [-0.05, 0) is 54.4 Å². The Hall–Kier alpha value is -4.91. The highest BCUT2D eigenvalue weighted by atomic mass is 16.5. The van der Waals surface area contributed by atoms with Gasteiger partial charge in [0.1, 0.15) is 6.10 Å². The van der Waals surface area contributed by atoms with Crippen LogP contribution < -0.4 is 15.4 Å². The highest BCUT2D eigenvalue weighted by molar-refractivity contribution is 5.85. The quantitative estimate of drug-likeness (QED) is 0.123. The lowest BCUT2D eigenvalue weighted by molar-refractivity contribution is 0.194. The summed E-state index contributed by atoms with van der Waals surface area (Å²) in [7, 11) is 0. The average molecular weight is 562 g/mol. The molecule has 0 saturated heterocycles. The molecule has 0 aliphatic carbocycles. The van der Waals surface area contributed by atoms with Crippen LogP contribution in [0.15, 0.2) is 91.1 Å². The molecule has 0 unspecified atom stereocenters. The Balaban J connectivity index is 0.000000854. The summed E-state index contributed by atoms with van der Waals surface area (Å²) in [5.41, 5.74) is 6.37. The molecule has 6 heteroatoms. The number of hydrogen-bond acceptors (Lipinski definition) is 6. The minimum Gasteiger partial charge on any atom is -0.470 e. The van der Waals surface area contributed by atoms with Crippen molar-refractivity contribution in [2.24, 2.45) is 0 Å². The second-order valence-corrected chi connectivity index (χ2v) is 9.22. The predicted octanol–water partition coefficient (Wildman–Crippen LogP) is 7.59. The molecular weight excluding hydrogens is 518 g/mol. The summed E-state index contributed by atoms with van der Waals surface area (Å²) in [5.74, 6) is 6.78. The van der Waals surface area contributed by atoms with Crippen molar-refractivity contribution in [1.82, 2.24) is 10.3 Å². The minimum absolute atomic E-state index is 0. The van der Waals surface area contributed by atoms with Crippen LogP contribution in [0.3, 0.4) is 0 Å². The second-order valence-electron chi connectivity index (χ2n) is 9.22. The Bertz CT molecular complexity index is 1480. The first-order valence-electron chi connectivity index (χ1n) is 14.4. The third kappa shape index (κ3) is 9.63. The van der Waals surface area contributed by atoms with Gasteiger partial charge < -0.3 is 20.8 Å². The maximum Gasteiger partial charge on any atom is 0.237 e. The monoisotopic (exact) mass is 561 g/mol. The van der Waals surface area contributed by atoms with Crippen LogP contribution in [0, 0.1) is 28.6 Å². The molecule has 218 valence electrons. The number of hydrogen-bond donors (Lipinski definition) is 3. The number of rotatable bonds is 7. The van der Waals surface area contributed by atoms with E-state index >= 15 is 0 Å². The highest BCUT2D eigenvalue weighted by Gasteiger charge is 2.20. The van der Waals surface area contributed by atoms with E-state index in [4.69, 9.17) is 15.4 Å². The lowest BCUT2D eigenvalue weighted by Crippen LogP contribution is -2.40. The Kier molecular flexibility index (Phi) is 13.3. The molecule has 0 fully saturated rings. The van der Waals surface area contributed by atoms with Crippen LogP contribution in [0.2, 0.25) is 0 Å². The number of ether oxygens (including phenoxy) is 1. The van der Waals surface area contributed by atoms with Gasteiger partial charge in [0.15, 0.2) is 0 Å². The van der Waals surface area contributed by atoms with Crippen LogP contribution in [0.4, 0.5) is 5.69 Å². The molecule has 0 amide bonds. The standard InChI is InChI=1S/C28H27N5O.C6H6.C2H6.2H2/c1-2-3-4-22-9-10-23(13-24(22)16-30)25-14-27-28(33-17-25)34-26(19-32-27)18-31-12-11-20-5-7-21(15-29)8-6-20;1-2-4-6-5-3-1;1-2;;/h5-10,13-14,16-17,26,30-32H,2,11-12,18-19H2,1H3;1-6H;1-2H3;2*1H/t26-;;;;/m1..../s1. The van der Waals surface area contributed by atoms with Crippen LogP contribution in [0.1, 0.15) is 52.3 Å². The number of anilines is 1. The third-order valence-corrected chi connectivity index (χ3v) is 6.30. The van der Waals surface area contributed by atoms with Crippen molar-refractivity contribution >= 4 is 11.9 Å². The summed E-state index contributed by atoms with van der Waals surface area (Å²) >= 11 is 0. The van der Waals surface area contributed by atoms with Crippen molar-refractivity contribution in [3.63, 3.8) is 0 Å². The Morgan fingerprint density at radius 3 is 2.40 bits per heavy atom. The summed E-state index contributed by atoms with van der Waals surface area (Å²) in [6, 6.07) is 29.8. The summed E-state index contributed by atoms with van der Waals surface area (Å²) in [5, 5.41) is 23.5. The maximum absolute atomic E-state index is 8.89. The third-order valence-electron chi connectivity index (χ3n) is 6.30. The zero-order chi connectivity index (χ0) is 30.0. The number of aromatic nitrogens is 1. The molecule has 2 heterocycles. The summed E-state index contributed by atoms with van der Waals surface area (Å²) in [4.78, 5) is 4.54. The molecular formula is C36H43N5O. The van der Waals surface area contributed by atoms with Crippen molar-refractivity contribution in [2.75, 3.05) is 25.0 Å². The number of fused-ring (bicyclic) bond motifs is 1. The normalized spacial score (nSPS) is 12.6. The van der Waals surface area contributed by atoms with E-state index in [9.17, 15) is 0 Å². The van der Waals surface area contributed by atoms with Gasteiger partial charge in [-0.25, -0.2) is 4.98 Å². The van der Waals surface area contributed by atoms with Crippen molar-refractivity contribution < 1.29 is 7.59 Å². The molecule has 3 N–H and O–H groups in total. The largest absolute Gasteiger partial charge is 0.470 e. The Labute approximate surface area is 253 Å². The fourth-order valence-corrected chi connectivity index (χ4v) is 4.15. The van der Waals surface area contributed by atoms with E-state index in [0.717, 1.165) is 53.9 Å². The molecule has 1 aliphatic rings. The number of benzene rings is 3. The van der Waals surface area contributed by atoms with E-state index in [1.807, 2.05) is 112 Å². The molecule has 1 aliphatic heterocycles. The van der Waals surface area contributed by atoms with Crippen molar-refractivity contribution in [2.45, 2.75) is 39.7 Å². The van der Waals surface area contributed by atoms with E-state index in [2.05, 4.69) is 33.5 Å². The van der Waals surface area contributed by atoms with Gasteiger partial charge in [0.2, 0.25) is 5.88 Å². The minimum atomic E-state index is -0.00671. The van der Waals surface area contributed by atoms with Gasteiger partial charge in [-0.3, -0.25) is 0 Å². The first-order valence-corrected chi connectivity index (χ1v) is 14.4. The molecule has 0 radical (unpaired) electrons. The number of nitrogens with one attached hydrogen (secondary N) is 3. The number of nitriles is 1. The fourth-order valence-electron chi connectivity index (χ4n) is 4.15. The highest BCUT2D eigenvalue weighted by Crippen LogP contribution is 2.31. The van der Waals surface area contributed by atoms with E-state index in [0.29, 0.717) is 18.0 Å². The summed E-state index contributed by atoms with van der Waals surface area (Å²) < 4.78 is 6.09. The van der Waals surface area contributed by atoms with Gasteiger partial charge in [0.25, 0.3) is 0 Å². The van der Waals surface area contributed by atoms with Crippen molar-refractivity contribution in [3.8, 4) is 34.9 Å².